The van der Waals surface area contributed by atoms with Gasteiger partial charge in [0, 0.05) is 6.04 Å². The third-order valence-electron chi connectivity index (χ3n) is 5.50. The molecule has 0 aliphatic heterocycles. The molecule has 4 rings (SSSR count). The monoisotopic (exact) mass is 406 g/mol. The Kier molecular flexibility index (Phi) is 6.35. The first-order valence-electron chi connectivity index (χ1n) is 10.2. The minimum absolute atomic E-state index is 0.325. The molecule has 1 aromatic heterocycles. The Morgan fingerprint density at radius 2 is 1.86 bits per heavy atom. The van der Waals surface area contributed by atoms with Gasteiger partial charge in [-0.25, -0.2) is 9.78 Å². The summed E-state index contributed by atoms with van der Waals surface area (Å²) in [5.74, 6) is -0.325. The van der Waals surface area contributed by atoms with Crippen LogP contribution < -0.4 is 0 Å². The van der Waals surface area contributed by atoms with Crippen LogP contribution in [0.2, 0.25) is 0 Å². The van der Waals surface area contributed by atoms with Crippen molar-refractivity contribution in [2.45, 2.75) is 49.7 Å². The normalized spacial score (nSPS) is 15.6. The van der Waals surface area contributed by atoms with E-state index in [0.717, 1.165) is 16.2 Å². The summed E-state index contributed by atoms with van der Waals surface area (Å²) in [5.41, 5.74) is 3.67. The molecule has 0 N–H and O–H groups in total. The van der Waals surface area contributed by atoms with Crippen LogP contribution in [0.25, 0.3) is 17.1 Å². The van der Waals surface area contributed by atoms with Crippen molar-refractivity contribution in [2.75, 3.05) is 7.11 Å². The van der Waals surface area contributed by atoms with E-state index in [4.69, 9.17) is 9.72 Å². The van der Waals surface area contributed by atoms with Crippen LogP contribution in [0.3, 0.4) is 0 Å². The zero-order valence-electron chi connectivity index (χ0n) is 16.7. The predicted molar refractivity (Wildman–Crippen MR) is 119 cm³/mol. The Morgan fingerprint density at radius 1 is 1.10 bits per heavy atom. The second-order valence-electron chi connectivity index (χ2n) is 7.44. The SMILES string of the molecule is COC(=O)c1ccc2c(c1)nc(S/C=C/c1ccccc1)n2C1CCCCCC1. The zero-order valence-corrected chi connectivity index (χ0v) is 17.5. The molecule has 1 fully saturated rings. The second-order valence-corrected chi connectivity index (χ2v) is 8.31. The van der Waals surface area contributed by atoms with E-state index < -0.39 is 0 Å². The maximum Gasteiger partial charge on any atom is 0.337 e. The summed E-state index contributed by atoms with van der Waals surface area (Å²) < 4.78 is 7.27. The maximum atomic E-state index is 12.0. The van der Waals surface area contributed by atoms with Crippen molar-refractivity contribution in [1.29, 1.82) is 0 Å². The molecular weight excluding hydrogens is 380 g/mol. The molecule has 0 atom stereocenters. The number of fused-ring (bicyclic) bond motifs is 1. The van der Waals surface area contributed by atoms with Crippen LogP contribution in [0, 0.1) is 0 Å². The number of ether oxygens (including phenoxy) is 1. The number of thioether (sulfide) groups is 1. The minimum Gasteiger partial charge on any atom is -0.465 e. The summed E-state index contributed by atoms with van der Waals surface area (Å²) in [7, 11) is 1.41. The number of aromatic nitrogens is 2. The van der Waals surface area contributed by atoms with Gasteiger partial charge in [0.1, 0.15) is 0 Å². The molecule has 1 saturated carbocycles. The lowest BCUT2D eigenvalue weighted by molar-refractivity contribution is 0.0601. The van der Waals surface area contributed by atoms with Crippen LogP contribution in [0.1, 0.15) is 60.5 Å². The Morgan fingerprint density at radius 3 is 2.59 bits per heavy atom. The fourth-order valence-electron chi connectivity index (χ4n) is 4.01. The molecule has 4 nitrogen and oxygen atoms in total. The van der Waals surface area contributed by atoms with Crippen LogP contribution in [-0.4, -0.2) is 22.6 Å². The van der Waals surface area contributed by atoms with E-state index in [9.17, 15) is 4.79 Å². The number of carbonyl (C=O) groups excluding carboxylic acids is 1. The fourth-order valence-corrected chi connectivity index (χ4v) is 4.87. The quantitative estimate of drug-likeness (QED) is 0.276. The number of benzene rings is 2. The number of imidazole rings is 1. The third-order valence-corrected chi connectivity index (χ3v) is 6.27. The van der Waals surface area contributed by atoms with Gasteiger partial charge in [0.15, 0.2) is 5.16 Å². The van der Waals surface area contributed by atoms with Gasteiger partial charge in [-0.2, -0.15) is 0 Å². The zero-order chi connectivity index (χ0) is 20.1. The molecule has 1 heterocycles. The molecule has 1 aliphatic carbocycles. The van der Waals surface area contributed by atoms with Gasteiger partial charge in [-0.15, -0.1) is 0 Å². The molecule has 2 aromatic carbocycles. The van der Waals surface area contributed by atoms with Crippen LogP contribution >= 0.6 is 11.8 Å². The first kappa shape index (κ1) is 19.8. The number of methoxy groups -OCH3 is 1. The van der Waals surface area contributed by atoms with Crippen LogP contribution in [0.5, 0.6) is 0 Å². The minimum atomic E-state index is -0.325. The first-order chi connectivity index (χ1) is 14.3. The Labute approximate surface area is 176 Å². The number of carbonyl (C=O) groups is 1. The summed E-state index contributed by atoms with van der Waals surface area (Å²) in [6.45, 7) is 0. The summed E-state index contributed by atoms with van der Waals surface area (Å²) in [5, 5.41) is 3.09. The van der Waals surface area contributed by atoms with Crippen molar-refractivity contribution in [2.24, 2.45) is 0 Å². The van der Waals surface area contributed by atoms with Crippen molar-refractivity contribution in [3.63, 3.8) is 0 Å². The number of esters is 1. The molecule has 0 radical (unpaired) electrons. The van der Waals surface area contributed by atoms with Crippen LogP contribution in [0.4, 0.5) is 0 Å². The molecule has 0 amide bonds. The first-order valence-corrected chi connectivity index (χ1v) is 11.1. The summed E-state index contributed by atoms with van der Waals surface area (Å²) >= 11 is 1.64. The highest BCUT2D eigenvalue weighted by Gasteiger charge is 2.21. The van der Waals surface area contributed by atoms with Gasteiger partial charge >= 0.3 is 5.97 Å². The Hall–Kier alpha value is -2.53. The highest BCUT2D eigenvalue weighted by atomic mass is 32.2. The maximum absolute atomic E-state index is 12.0. The van der Waals surface area contributed by atoms with Crippen molar-refractivity contribution in [3.8, 4) is 0 Å². The number of hydrogen-bond donors (Lipinski definition) is 0. The lowest BCUT2D eigenvalue weighted by atomic mass is 10.1. The van der Waals surface area contributed by atoms with Crippen molar-refractivity contribution >= 4 is 34.8 Å². The molecule has 150 valence electrons. The van der Waals surface area contributed by atoms with Gasteiger partial charge in [0.05, 0.1) is 23.7 Å². The van der Waals surface area contributed by atoms with Gasteiger partial charge in [-0.3, -0.25) is 0 Å². The lowest BCUT2D eigenvalue weighted by Gasteiger charge is -2.19. The number of hydrogen-bond acceptors (Lipinski definition) is 4. The molecule has 0 spiro atoms. The predicted octanol–water partition coefficient (Wildman–Crippen LogP) is 6.48. The molecule has 29 heavy (non-hydrogen) atoms. The molecule has 0 saturated heterocycles. The van der Waals surface area contributed by atoms with Crippen molar-refractivity contribution < 1.29 is 9.53 Å². The fraction of sp³-hybridized carbons (Fsp3) is 0.333. The summed E-state index contributed by atoms with van der Waals surface area (Å²) in [4.78, 5) is 16.8. The standard InChI is InChI=1S/C24H26N2O2S/c1-28-23(27)19-13-14-22-21(17-19)25-24(26(22)20-11-7-2-3-8-12-20)29-16-15-18-9-5-4-6-10-18/h4-6,9-10,13-17,20H,2-3,7-8,11-12H2,1H3/b16-15+. The molecule has 0 bridgehead atoms. The van der Waals surface area contributed by atoms with Gasteiger partial charge in [0.2, 0.25) is 0 Å². The van der Waals surface area contributed by atoms with Crippen LogP contribution in [0.15, 0.2) is 59.1 Å². The van der Waals surface area contributed by atoms with E-state index in [-0.39, 0.29) is 5.97 Å². The second kappa shape index (κ2) is 9.31. The topological polar surface area (TPSA) is 44.1 Å². The van der Waals surface area contributed by atoms with Gasteiger partial charge < -0.3 is 9.30 Å². The van der Waals surface area contributed by atoms with Crippen LogP contribution in [-0.2, 0) is 4.74 Å². The highest BCUT2D eigenvalue weighted by molar-refractivity contribution is 8.02. The Bertz CT molecular complexity index is 1000. The molecule has 5 heteroatoms. The lowest BCUT2D eigenvalue weighted by Crippen LogP contribution is -2.09. The van der Waals surface area contributed by atoms with E-state index in [2.05, 4.69) is 28.2 Å². The molecule has 1 aliphatic rings. The third kappa shape index (κ3) is 4.56. The van der Waals surface area contributed by atoms with E-state index >= 15 is 0 Å². The molecule has 3 aromatic rings. The largest absolute Gasteiger partial charge is 0.465 e. The van der Waals surface area contributed by atoms with E-state index in [1.54, 1.807) is 11.8 Å². The highest BCUT2D eigenvalue weighted by Crippen LogP contribution is 2.35. The van der Waals surface area contributed by atoms with E-state index in [0.29, 0.717) is 11.6 Å². The summed E-state index contributed by atoms with van der Waals surface area (Å²) in [6.07, 6.45) is 9.61. The molecule has 0 unspecified atom stereocenters. The van der Waals surface area contributed by atoms with Crippen molar-refractivity contribution in [3.05, 3.63) is 65.1 Å². The van der Waals surface area contributed by atoms with Gasteiger partial charge in [-0.05, 0) is 48.1 Å². The van der Waals surface area contributed by atoms with Gasteiger partial charge in [0.25, 0.3) is 0 Å². The van der Waals surface area contributed by atoms with E-state index in [1.807, 2.05) is 36.4 Å². The Balaban J connectivity index is 1.70. The van der Waals surface area contributed by atoms with E-state index in [1.165, 1.54) is 51.2 Å². The smallest absolute Gasteiger partial charge is 0.337 e. The number of nitrogens with zero attached hydrogens (tertiary/aromatic N) is 2. The number of rotatable bonds is 5. The van der Waals surface area contributed by atoms with Crippen molar-refractivity contribution in [1.82, 2.24) is 9.55 Å². The summed E-state index contributed by atoms with van der Waals surface area (Å²) in [6, 6.07) is 16.5. The average molecular weight is 407 g/mol. The average Bonchev–Trinajstić information content (AvgIpc) is 2.91. The molecular formula is C24H26N2O2S. The van der Waals surface area contributed by atoms with Gasteiger partial charge in [-0.1, -0.05) is 67.8 Å².